The van der Waals surface area contributed by atoms with Crippen LogP contribution in [0.5, 0.6) is 11.5 Å². The van der Waals surface area contributed by atoms with Crippen LogP contribution in [0.25, 0.3) is 16.6 Å². The quantitative estimate of drug-likeness (QED) is 0.177. The Morgan fingerprint density at radius 1 is 1.19 bits per heavy atom. The van der Waals surface area contributed by atoms with Crippen molar-refractivity contribution in [2.75, 3.05) is 38.2 Å². The van der Waals surface area contributed by atoms with Crippen LogP contribution in [-0.4, -0.2) is 67.3 Å². The number of rotatable bonds is 10. The molecule has 1 fully saturated rings. The number of aliphatic imine (C=N–C) groups is 1. The number of amides is 1. The Labute approximate surface area is 276 Å². The summed E-state index contributed by atoms with van der Waals surface area (Å²) in [5.74, 6) is -1.77. The second-order valence-electron chi connectivity index (χ2n) is 14.8. The lowest BCUT2D eigenvalue weighted by molar-refractivity contribution is -0.139. The number of fused-ring (bicyclic) bond motifs is 1. The normalized spacial score (nSPS) is 19.5. The van der Waals surface area contributed by atoms with Gasteiger partial charge in [-0.25, -0.2) is 18.8 Å². The molecule has 9 nitrogen and oxygen atoms in total. The van der Waals surface area contributed by atoms with Gasteiger partial charge in [-0.1, -0.05) is 39.6 Å². The largest absolute Gasteiger partial charge is 0.464 e. The number of carbonyl (C=O) groups excluding carboxylic acids is 1. The Balaban J connectivity index is 1.29. The van der Waals surface area contributed by atoms with E-state index in [1.54, 1.807) is 12.3 Å². The summed E-state index contributed by atoms with van der Waals surface area (Å²) in [6.45, 7) is 14.6. The van der Waals surface area contributed by atoms with E-state index in [1.807, 2.05) is 29.5 Å². The van der Waals surface area contributed by atoms with Gasteiger partial charge in [0.05, 0.1) is 18.5 Å². The van der Waals surface area contributed by atoms with Gasteiger partial charge in [0.15, 0.2) is 17.4 Å². The molecule has 0 saturated carbocycles. The molecule has 0 spiro atoms. The first-order valence-electron chi connectivity index (χ1n) is 16.5. The molecule has 3 aliphatic rings. The summed E-state index contributed by atoms with van der Waals surface area (Å²) in [4.78, 5) is 23.8. The molecule has 1 atom stereocenters. The molecule has 2 aliphatic heterocycles. The lowest BCUT2D eigenvalue weighted by Gasteiger charge is -2.35. The number of amidine groups is 1. The van der Waals surface area contributed by atoms with Crippen molar-refractivity contribution >= 4 is 42.3 Å². The highest BCUT2D eigenvalue weighted by Gasteiger charge is 2.31. The summed E-state index contributed by atoms with van der Waals surface area (Å²) in [6, 6.07) is 5.21. The van der Waals surface area contributed by atoms with Gasteiger partial charge >= 0.3 is 0 Å². The van der Waals surface area contributed by atoms with Gasteiger partial charge in [0.2, 0.25) is 5.91 Å². The monoisotopic (exact) mass is 665 g/mol. The van der Waals surface area contributed by atoms with Gasteiger partial charge < -0.3 is 29.0 Å². The van der Waals surface area contributed by atoms with Gasteiger partial charge in [-0.15, -0.1) is 0 Å². The summed E-state index contributed by atoms with van der Waals surface area (Å²) < 4.78 is 50.6. The van der Waals surface area contributed by atoms with Crippen LogP contribution in [-0.2, 0) is 21.0 Å². The van der Waals surface area contributed by atoms with Gasteiger partial charge in [-0.2, -0.15) is 0 Å². The van der Waals surface area contributed by atoms with Crippen molar-refractivity contribution in [3.63, 3.8) is 0 Å². The van der Waals surface area contributed by atoms with E-state index in [2.05, 4.69) is 41.0 Å². The number of aromatic nitrogens is 2. The molecule has 0 radical (unpaired) electrons. The van der Waals surface area contributed by atoms with Crippen molar-refractivity contribution in [3.8, 4) is 11.5 Å². The molecule has 1 amide bonds. The molecule has 12 heteroatoms. The predicted octanol–water partition coefficient (Wildman–Crippen LogP) is 7.66. The highest BCUT2D eigenvalue weighted by atomic mass is 28.3. The Hall–Kier alpha value is -3.77. The second kappa shape index (κ2) is 13.4. The maximum absolute atomic E-state index is 15.5. The lowest BCUT2D eigenvalue weighted by atomic mass is 9.85. The van der Waals surface area contributed by atoms with Gasteiger partial charge in [0.25, 0.3) is 6.02 Å². The van der Waals surface area contributed by atoms with Crippen LogP contribution < -0.4 is 10.1 Å². The highest BCUT2D eigenvalue weighted by molar-refractivity contribution is 6.76. The molecule has 1 saturated heterocycles. The number of halogens is 2. The smallest absolute Gasteiger partial charge is 0.289 e. The van der Waals surface area contributed by atoms with E-state index in [-0.39, 0.29) is 41.4 Å². The fourth-order valence-electron chi connectivity index (χ4n) is 5.93. The Bertz CT molecular complexity index is 1690. The van der Waals surface area contributed by atoms with Crippen LogP contribution in [0.15, 0.2) is 41.7 Å². The van der Waals surface area contributed by atoms with Gasteiger partial charge in [0.1, 0.15) is 18.1 Å². The van der Waals surface area contributed by atoms with E-state index in [0.29, 0.717) is 43.6 Å². The van der Waals surface area contributed by atoms with Crippen LogP contribution in [0.2, 0.25) is 25.7 Å². The number of carbonyl (C=O) groups is 1. The minimum atomic E-state index is -1.28. The molecule has 0 bridgehead atoms. The zero-order valence-corrected chi connectivity index (χ0v) is 29.0. The van der Waals surface area contributed by atoms with E-state index in [9.17, 15) is 4.79 Å². The van der Waals surface area contributed by atoms with Crippen molar-refractivity contribution in [1.82, 2.24) is 14.5 Å². The average Bonchev–Trinajstić information content (AvgIpc) is 3.36. The van der Waals surface area contributed by atoms with Crippen LogP contribution in [0.3, 0.4) is 0 Å². The zero-order chi connectivity index (χ0) is 33.3. The number of hydrogen-bond donors (Lipinski definition) is 1. The number of nitrogens with zero attached hydrogens (tertiary/aromatic N) is 4. The summed E-state index contributed by atoms with van der Waals surface area (Å²) in [6.07, 6.45) is 8.81. The van der Waals surface area contributed by atoms with Crippen LogP contribution in [0, 0.1) is 23.0 Å². The topological polar surface area (TPSA) is 90.2 Å². The Kier molecular flexibility index (Phi) is 9.44. The zero-order valence-electron chi connectivity index (χ0n) is 28.0. The maximum Gasteiger partial charge on any atom is 0.289 e. The molecule has 1 aliphatic carbocycles. The minimum absolute atomic E-state index is 0.0297. The predicted molar refractivity (Wildman–Crippen MR) is 182 cm³/mol. The highest BCUT2D eigenvalue weighted by Crippen LogP contribution is 2.41. The fraction of sp³-hybridized carbons (Fsp3) is 0.514. The number of benzene rings is 1. The molecule has 252 valence electrons. The molecule has 6 rings (SSSR count). The summed E-state index contributed by atoms with van der Waals surface area (Å²) in [5, 5.41) is 3.52. The number of likely N-dealkylation sites (tertiary alicyclic amines) is 1. The number of nitrogens with one attached hydrogen (secondary N) is 1. The minimum Gasteiger partial charge on any atom is -0.464 e. The number of pyridine rings is 1. The molecular weight excluding hydrogens is 620 g/mol. The van der Waals surface area contributed by atoms with Crippen molar-refractivity contribution < 1.29 is 27.8 Å². The summed E-state index contributed by atoms with van der Waals surface area (Å²) in [5.41, 5.74) is 2.58. The number of anilines is 1. The average molecular weight is 666 g/mol. The molecule has 3 aromatic rings. The Morgan fingerprint density at radius 3 is 2.57 bits per heavy atom. The molecule has 1 unspecified atom stereocenters. The van der Waals surface area contributed by atoms with Gasteiger partial charge in [-0.05, 0) is 43.4 Å². The van der Waals surface area contributed by atoms with Crippen molar-refractivity contribution in [2.45, 2.75) is 71.9 Å². The van der Waals surface area contributed by atoms with Crippen LogP contribution in [0.4, 0.5) is 14.5 Å². The van der Waals surface area contributed by atoms with Crippen LogP contribution >= 0.6 is 0 Å². The van der Waals surface area contributed by atoms with Gasteiger partial charge in [0, 0.05) is 74.9 Å². The molecule has 1 aromatic carbocycles. The van der Waals surface area contributed by atoms with Crippen molar-refractivity contribution in [1.29, 1.82) is 0 Å². The third-order valence-corrected chi connectivity index (χ3v) is 10.6. The van der Waals surface area contributed by atoms with Gasteiger partial charge in [-0.3, -0.25) is 4.79 Å². The summed E-state index contributed by atoms with van der Waals surface area (Å²) in [7, 11) is -1.28. The number of hydrogen-bond acceptors (Lipinski definition) is 7. The van der Waals surface area contributed by atoms with E-state index in [0.717, 1.165) is 43.1 Å². The molecule has 4 heterocycles. The SMILES string of the molecule is CC1(C)CN=C(Nc2cc(F)c(Oc3ccnc4c3c(C3=CCC(C(=O)N5CCC5)CC3)cn4COCC[Si](C)(C)C)c(F)c2)OC1. The van der Waals surface area contributed by atoms with Crippen LogP contribution in [0.1, 0.15) is 45.1 Å². The molecule has 1 N–H and O–H groups in total. The number of allylic oxidation sites excluding steroid dienone is 2. The van der Waals surface area contributed by atoms with Crippen molar-refractivity contribution in [2.24, 2.45) is 16.3 Å². The van der Waals surface area contributed by atoms with Crippen molar-refractivity contribution in [3.05, 3.63) is 53.9 Å². The Morgan fingerprint density at radius 2 is 1.96 bits per heavy atom. The van der Waals surface area contributed by atoms with E-state index in [4.69, 9.17) is 14.2 Å². The standard InChI is InChI=1S/C35H45F2N5O4Si/c1-35(2)20-39-34(45-21-35)40-25-17-27(36)31(28(37)18-25)46-29-11-12-38-32-30(29)26(19-42(32)22-44-15-16-47(3,4)5)23-7-9-24(10-8-23)33(43)41-13-6-14-41/h7,11-12,17-19,24H,6,8-10,13-16,20-22H2,1-5H3,(H,39,40). The summed E-state index contributed by atoms with van der Waals surface area (Å²) >= 11 is 0. The first-order chi connectivity index (χ1) is 22.4. The second-order valence-corrected chi connectivity index (χ2v) is 20.4. The lowest BCUT2D eigenvalue weighted by Crippen LogP contribution is -2.45. The first kappa shape index (κ1) is 33.1. The molecule has 2 aromatic heterocycles. The maximum atomic E-state index is 15.5. The van der Waals surface area contributed by atoms with E-state index < -0.39 is 25.5 Å². The third-order valence-electron chi connectivity index (χ3n) is 8.93. The molecule has 47 heavy (non-hydrogen) atoms. The molecular formula is C35H45F2N5O4Si. The third kappa shape index (κ3) is 7.70. The fourth-order valence-corrected chi connectivity index (χ4v) is 6.69. The van der Waals surface area contributed by atoms with E-state index >= 15 is 8.78 Å². The first-order valence-corrected chi connectivity index (χ1v) is 20.2. The number of ether oxygens (including phenoxy) is 3. The van der Waals surface area contributed by atoms with E-state index in [1.165, 1.54) is 12.1 Å².